The van der Waals surface area contributed by atoms with E-state index in [4.69, 9.17) is 24.9 Å². The molecule has 0 saturated carbocycles. The summed E-state index contributed by atoms with van der Waals surface area (Å²) in [6, 6.07) is 5.25. The van der Waals surface area contributed by atoms with Gasteiger partial charge in [-0.05, 0) is 48.6 Å². The summed E-state index contributed by atoms with van der Waals surface area (Å²) >= 11 is 1.18. The molecule has 13 heteroatoms. The van der Waals surface area contributed by atoms with Gasteiger partial charge in [-0.2, -0.15) is 15.2 Å². The Labute approximate surface area is 262 Å². The molecule has 234 valence electrons. The molecule has 45 heavy (non-hydrogen) atoms. The standard InChI is InChI=1S/C32H33F2N7O3S/c33-22-1-2-23-24(19(12-35)30(36)45-23)27(22)25-20-15-43-16-21(20)26-29(28(25)34)38-32(44-10-7-40-5-8-42-9-6-40)39-31(26)41-14-17-3-4-37-13-18(41)11-17/h1-2,17-18,37H,3-11,13-16,36H2. The number of fused-ring (bicyclic) bond motifs is 6. The van der Waals surface area contributed by atoms with E-state index in [9.17, 15) is 5.26 Å². The van der Waals surface area contributed by atoms with Crippen molar-refractivity contribution in [1.82, 2.24) is 20.2 Å². The molecular weight excluding hydrogens is 600 g/mol. The van der Waals surface area contributed by atoms with Crippen LogP contribution >= 0.6 is 11.3 Å². The smallest absolute Gasteiger partial charge is 0.319 e. The predicted octanol–water partition coefficient (Wildman–Crippen LogP) is 4.17. The van der Waals surface area contributed by atoms with E-state index in [0.29, 0.717) is 59.1 Å². The third-order valence-corrected chi connectivity index (χ3v) is 10.6. The minimum absolute atomic E-state index is 0.00538. The molecule has 3 saturated heterocycles. The van der Waals surface area contributed by atoms with Gasteiger partial charge in [0.1, 0.15) is 34.8 Å². The molecule has 3 fully saturated rings. The summed E-state index contributed by atoms with van der Waals surface area (Å²) in [6.45, 7) is 6.86. The number of aromatic nitrogens is 2. The zero-order valence-electron chi connectivity index (χ0n) is 24.7. The molecule has 4 aliphatic rings. The average molecular weight is 634 g/mol. The molecule has 8 rings (SSSR count). The third kappa shape index (κ3) is 4.87. The Morgan fingerprint density at radius 3 is 2.80 bits per heavy atom. The van der Waals surface area contributed by atoms with Crippen LogP contribution in [-0.4, -0.2) is 80.0 Å². The lowest BCUT2D eigenvalue weighted by Crippen LogP contribution is -2.40. The lowest BCUT2D eigenvalue weighted by molar-refractivity contribution is 0.0317. The van der Waals surface area contributed by atoms with E-state index in [-0.39, 0.29) is 52.5 Å². The molecule has 2 aromatic carbocycles. The second kappa shape index (κ2) is 11.6. The Kier molecular flexibility index (Phi) is 7.42. The van der Waals surface area contributed by atoms with Gasteiger partial charge in [-0.3, -0.25) is 4.90 Å². The van der Waals surface area contributed by atoms with Crippen LogP contribution in [-0.2, 0) is 22.7 Å². The molecule has 4 aliphatic heterocycles. The molecule has 0 spiro atoms. The number of thiophene rings is 1. The van der Waals surface area contributed by atoms with Crippen molar-refractivity contribution < 1.29 is 23.0 Å². The van der Waals surface area contributed by atoms with Gasteiger partial charge in [0.05, 0.1) is 37.4 Å². The first-order valence-corrected chi connectivity index (χ1v) is 16.3. The summed E-state index contributed by atoms with van der Waals surface area (Å²) in [4.78, 5) is 14.1. The van der Waals surface area contributed by atoms with Crippen molar-refractivity contribution >= 4 is 43.1 Å². The summed E-state index contributed by atoms with van der Waals surface area (Å²) in [5.41, 5.74) is 7.70. The fourth-order valence-corrected chi connectivity index (χ4v) is 8.34. The number of nitriles is 1. The fourth-order valence-electron chi connectivity index (χ4n) is 7.41. The normalized spacial score (nSPS) is 21.8. The lowest BCUT2D eigenvalue weighted by Gasteiger charge is -2.29. The lowest BCUT2D eigenvalue weighted by atomic mass is 9.90. The van der Waals surface area contributed by atoms with Gasteiger partial charge < -0.3 is 30.2 Å². The molecule has 2 unspecified atom stereocenters. The van der Waals surface area contributed by atoms with E-state index in [2.05, 4.69) is 26.2 Å². The van der Waals surface area contributed by atoms with Gasteiger partial charge >= 0.3 is 6.01 Å². The second-order valence-electron chi connectivity index (χ2n) is 12.1. The summed E-state index contributed by atoms with van der Waals surface area (Å²) in [5.74, 6) is -0.209. The van der Waals surface area contributed by atoms with Crippen LogP contribution in [0.5, 0.6) is 6.01 Å². The average Bonchev–Trinajstić information content (AvgIpc) is 3.71. The van der Waals surface area contributed by atoms with Gasteiger partial charge in [0, 0.05) is 60.0 Å². The second-order valence-corrected chi connectivity index (χ2v) is 13.2. The number of benzene rings is 2. The number of rotatable bonds is 6. The van der Waals surface area contributed by atoms with Crippen LogP contribution in [0.4, 0.5) is 19.6 Å². The van der Waals surface area contributed by atoms with E-state index in [1.165, 1.54) is 17.4 Å². The van der Waals surface area contributed by atoms with Crippen LogP contribution in [0.3, 0.4) is 0 Å². The number of anilines is 2. The summed E-state index contributed by atoms with van der Waals surface area (Å²) in [7, 11) is 0. The molecule has 4 aromatic rings. The van der Waals surface area contributed by atoms with Crippen LogP contribution in [0, 0.1) is 28.9 Å². The molecule has 2 bridgehead atoms. The van der Waals surface area contributed by atoms with Crippen molar-refractivity contribution in [3.05, 3.63) is 40.5 Å². The maximum atomic E-state index is 17.2. The number of nitrogens with one attached hydrogen (secondary N) is 1. The molecule has 6 heterocycles. The minimum atomic E-state index is -0.687. The van der Waals surface area contributed by atoms with Gasteiger partial charge in [-0.15, -0.1) is 11.3 Å². The fraction of sp³-hybridized carbons (Fsp3) is 0.469. The summed E-state index contributed by atoms with van der Waals surface area (Å²) in [5, 5.41) is 14.6. The number of nitrogens with two attached hydrogens (primary N) is 1. The highest BCUT2D eigenvalue weighted by Crippen LogP contribution is 2.48. The molecule has 3 N–H and O–H groups in total. The monoisotopic (exact) mass is 633 g/mol. The first kappa shape index (κ1) is 28.8. The number of hydrogen-bond acceptors (Lipinski definition) is 11. The van der Waals surface area contributed by atoms with Crippen LogP contribution in [0.25, 0.3) is 32.1 Å². The van der Waals surface area contributed by atoms with Gasteiger partial charge in [0.2, 0.25) is 0 Å². The molecule has 0 amide bonds. The van der Waals surface area contributed by atoms with Gasteiger partial charge in [0.15, 0.2) is 5.82 Å². The predicted molar refractivity (Wildman–Crippen MR) is 167 cm³/mol. The Morgan fingerprint density at radius 1 is 1.11 bits per heavy atom. The Morgan fingerprint density at radius 2 is 1.96 bits per heavy atom. The number of nitrogens with zero attached hydrogens (tertiary/aromatic N) is 5. The minimum Gasteiger partial charge on any atom is -0.462 e. The maximum Gasteiger partial charge on any atom is 0.319 e. The van der Waals surface area contributed by atoms with E-state index in [1.807, 2.05) is 0 Å². The summed E-state index contributed by atoms with van der Waals surface area (Å²) < 4.78 is 51.2. The van der Waals surface area contributed by atoms with Crippen molar-refractivity contribution in [3.63, 3.8) is 0 Å². The molecule has 2 aromatic heterocycles. The van der Waals surface area contributed by atoms with Crippen molar-refractivity contribution in [2.45, 2.75) is 32.1 Å². The van der Waals surface area contributed by atoms with Crippen molar-refractivity contribution in [3.8, 4) is 23.2 Å². The Balaban J connectivity index is 1.33. The number of morpholine rings is 1. The van der Waals surface area contributed by atoms with E-state index < -0.39 is 11.6 Å². The molecule has 0 aliphatic carbocycles. The number of nitrogen functional groups attached to an aromatic ring is 1. The maximum absolute atomic E-state index is 17.2. The van der Waals surface area contributed by atoms with E-state index in [0.717, 1.165) is 51.1 Å². The van der Waals surface area contributed by atoms with Crippen molar-refractivity contribution in [2.75, 3.05) is 69.7 Å². The largest absolute Gasteiger partial charge is 0.462 e. The highest BCUT2D eigenvalue weighted by molar-refractivity contribution is 7.23. The summed E-state index contributed by atoms with van der Waals surface area (Å²) in [6.07, 6.45) is 2.08. The van der Waals surface area contributed by atoms with Crippen LogP contribution in [0.2, 0.25) is 0 Å². The zero-order valence-corrected chi connectivity index (χ0v) is 25.5. The number of ether oxygens (including phenoxy) is 3. The van der Waals surface area contributed by atoms with E-state index >= 15 is 8.78 Å². The molecule has 2 atom stereocenters. The molecule has 0 radical (unpaired) electrons. The highest BCUT2D eigenvalue weighted by atomic mass is 32.1. The quantitative estimate of drug-likeness (QED) is 0.320. The third-order valence-electron chi connectivity index (χ3n) is 9.58. The van der Waals surface area contributed by atoms with Gasteiger partial charge in [-0.25, -0.2) is 8.78 Å². The van der Waals surface area contributed by atoms with Gasteiger partial charge in [-0.1, -0.05) is 0 Å². The first-order chi connectivity index (χ1) is 22.0. The highest BCUT2D eigenvalue weighted by Gasteiger charge is 2.38. The van der Waals surface area contributed by atoms with Crippen LogP contribution in [0.15, 0.2) is 12.1 Å². The Hall–Kier alpha value is -3.67. The van der Waals surface area contributed by atoms with Crippen LogP contribution in [0.1, 0.15) is 29.5 Å². The Bertz CT molecular complexity index is 1860. The molecule has 10 nitrogen and oxygen atoms in total. The number of hydrogen-bond donors (Lipinski definition) is 2. The van der Waals surface area contributed by atoms with E-state index in [1.54, 1.807) is 6.07 Å². The van der Waals surface area contributed by atoms with Crippen molar-refractivity contribution in [2.24, 2.45) is 5.92 Å². The number of halogens is 2. The van der Waals surface area contributed by atoms with Crippen LogP contribution < -0.4 is 20.7 Å². The zero-order chi connectivity index (χ0) is 30.7. The molecular formula is C32H33F2N7O3S. The SMILES string of the molecule is N#Cc1c(N)sc2ccc(F)c(-c3c4c(c5c(N6CC7CCNCC6C7)nc(OCCN6CCOCC6)nc5c3F)COC4)c12. The first-order valence-electron chi connectivity index (χ1n) is 15.5. The van der Waals surface area contributed by atoms with Crippen molar-refractivity contribution in [1.29, 1.82) is 5.26 Å². The van der Waals surface area contributed by atoms with Gasteiger partial charge in [0.25, 0.3) is 0 Å². The topological polar surface area (TPSA) is 122 Å².